The summed E-state index contributed by atoms with van der Waals surface area (Å²) in [7, 11) is 0. The zero-order valence-corrected chi connectivity index (χ0v) is 49.8. The molecule has 19 nitrogen and oxygen atoms in total. The van der Waals surface area contributed by atoms with Crippen LogP contribution in [0.2, 0.25) is 0 Å². The quantitative estimate of drug-likeness (QED) is 0.0222. The van der Waals surface area contributed by atoms with Crippen LogP contribution in [-0.4, -0.2) is 193 Å². The van der Waals surface area contributed by atoms with Gasteiger partial charge in [-0.2, -0.15) is 0 Å². The number of carbonyl (C=O) groups is 1. The highest BCUT2D eigenvalue weighted by Crippen LogP contribution is 2.33. The Bertz CT molecular complexity index is 1580. The maximum Gasteiger partial charge on any atom is 0.220 e. The molecule has 0 spiro atoms. The van der Waals surface area contributed by atoms with Gasteiger partial charge in [0.25, 0.3) is 0 Å². The second-order valence-corrected chi connectivity index (χ2v) is 23.2. The zero-order chi connectivity index (χ0) is 59.0. The van der Waals surface area contributed by atoms with Crippen LogP contribution in [0.15, 0.2) is 24.3 Å². The predicted molar refractivity (Wildman–Crippen MR) is 310 cm³/mol. The standard InChI is InChI=1S/C62H115NO18/c1-3-5-7-9-11-13-15-17-18-19-20-21-22-23-24-25-26-28-30-32-34-36-38-40-50(68)63-45(46(67)39-37-35-33-31-29-27-16-14-12-10-8-6-4-2)44-76-60-56(74)53(71)58(48(42-65)78-60)81-62-57(75)54(72)59(49(43-66)79-62)80-61-55(73)52(70)51(69)47(41-64)77-61/h29,31,37,39,45-49,51-62,64-67,69-75H,3-28,30,32-36,38,40-44H2,1-2H3,(H,63,68)/b31-29+,39-37+. The molecular weight excluding hydrogens is 1050 g/mol. The summed E-state index contributed by atoms with van der Waals surface area (Å²) in [4.78, 5) is 13.3. The average molecular weight is 1160 g/mol. The number of unbranched alkanes of at least 4 members (excludes halogenated alkanes) is 30. The van der Waals surface area contributed by atoms with E-state index in [4.69, 9.17) is 28.4 Å². The molecule has 1 amide bonds. The first kappa shape index (κ1) is 73.5. The summed E-state index contributed by atoms with van der Waals surface area (Å²) in [6.45, 7) is 1.71. The molecule has 0 aromatic carbocycles. The maximum atomic E-state index is 13.3. The normalized spacial score (nSPS) is 29.9. The third-order valence-corrected chi connectivity index (χ3v) is 16.3. The van der Waals surface area contributed by atoms with Gasteiger partial charge in [-0.15, -0.1) is 0 Å². The first-order valence-corrected chi connectivity index (χ1v) is 32.1. The molecule has 0 radical (unpaired) electrons. The molecule has 0 bridgehead atoms. The van der Waals surface area contributed by atoms with E-state index in [9.17, 15) is 61.0 Å². The first-order chi connectivity index (χ1) is 39.3. The first-order valence-electron chi connectivity index (χ1n) is 32.1. The Morgan fingerprint density at radius 1 is 0.432 bits per heavy atom. The van der Waals surface area contributed by atoms with E-state index in [0.717, 1.165) is 38.5 Å². The number of ether oxygens (including phenoxy) is 6. The highest BCUT2D eigenvalue weighted by molar-refractivity contribution is 5.76. The monoisotopic (exact) mass is 1160 g/mol. The van der Waals surface area contributed by atoms with E-state index < -0.39 is 124 Å². The van der Waals surface area contributed by atoms with Crippen LogP contribution in [-0.2, 0) is 33.2 Å². The SMILES string of the molecule is CCCCCCCCC/C=C/CC/C=C/C(O)C(COC1OC(CO)C(OC2OC(CO)C(OC3OC(CO)C(O)C(O)C3O)C(O)C2O)C(O)C1O)NC(=O)CCCCCCCCCCCCCCCCCCCCCCCCC. The molecule has 81 heavy (non-hydrogen) atoms. The van der Waals surface area contributed by atoms with E-state index in [-0.39, 0.29) is 18.9 Å². The third-order valence-electron chi connectivity index (χ3n) is 16.3. The number of hydrogen-bond acceptors (Lipinski definition) is 18. The lowest BCUT2D eigenvalue weighted by atomic mass is 9.96. The van der Waals surface area contributed by atoms with Crippen LogP contribution in [0.5, 0.6) is 0 Å². The van der Waals surface area contributed by atoms with Crippen molar-refractivity contribution in [3.8, 4) is 0 Å². The Morgan fingerprint density at radius 3 is 1.23 bits per heavy atom. The van der Waals surface area contributed by atoms with Gasteiger partial charge in [-0.3, -0.25) is 4.79 Å². The molecule has 17 atom stereocenters. The summed E-state index contributed by atoms with van der Waals surface area (Å²) in [5, 5.41) is 120. The minimum absolute atomic E-state index is 0.240. The summed E-state index contributed by atoms with van der Waals surface area (Å²) in [5.74, 6) is -0.282. The zero-order valence-electron chi connectivity index (χ0n) is 49.8. The molecule has 3 rings (SSSR count). The second-order valence-electron chi connectivity index (χ2n) is 23.2. The lowest BCUT2D eigenvalue weighted by Gasteiger charge is -2.48. The Labute approximate surface area is 486 Å². The molecule has 17 unspecified atom stereocenters. The molecule has 0 aromatic heterocycles. The largest absolute Gasteiger partial charge is 0.394 e. The van der Waals surface area contributed by atoms with Crippen LogP contribution in [0.4, 0.5) is 0 Å². The van der Waals surface area contributed by atoms with Crippen molar-refractivity contribution in [2.45, 2.75) is 336 Å². The Kier molecular flexibility index (Phi) is 41.4. The Morgan fingerprint density at radius 2 is 0.790 bits per heavy atom. The minimum atomic E-state index is -1.98. The van der Waals surface area contributed by atoms with Crippen molar-refractivity contribution in [2.24, 2.45) is 0 Å². The Balaban J connectivity index is 1.45. The van der Waals surface area contributed by atoms with Crippen molar-refractivity contribution in [3.05, 3.63) is 24.3 Å². The lowest BCUT2D eigenvalue weighted by molar-refractivity contribution is -0.379. The number of amides is 1. The van der Waals surface area contributed by atoms with Gasteiger partial charge in [0.05, 0.1) is 38.6 Å². The van der Waals surface area contributed by atoms with Gasteiger partial charge in [0.2, 0.25) is 5.91 Å². The molecule has 0 aromatic rings. The summed E-state index contributed by atoms with van der Waals surface area (Å²) in [6, 6.07) is -0.985. The number of hydrogen-bond donors (Lipinski definition) is 12. The van der Waals surface area contributed by atoms with Gasteiger partial charge in [0.15, 0.2) is 18.9 Å². The fourth-order valence-corrected chi connectivity index (χ4v) is 11.0. The van der Waals surface area contributed by atoms with E-state index in [2.05, 4.69) is 31.3 Å². The number of aliphatic hydroxyl groups excluding tert-OH is 11. The molecule has 0 saturated carbocycles. The second kappa shape index (κ2) is 45.6. The highest BCUT2D eigenvalue weighted by Gasteiger charge is 2.53. The lowest BCUT2D eigenvalue weighted by Crippen LogP contribution is -2.66. The van der Waals surface area contributed by atoms with Crippen LogP contribution in [0.25, 0.3) is 0 Å². The van der Waals surface area contributed by atoms with Crippen molar-refractivity contribution < 1.29 is 89.4 Å². The molecule has 3 aliphatic heterocycles. The van der Waals surface area contributed by atoms with Crippen LogP contribution >= 0.6 is 0 Å². The molecule has 3 aliphatic rings. The number of nitrogens with one attached hydrogen (secondary N) is 1. The van der Waals surface area contributed by atoms with Gasteiger partial charge in [-0.1, -0.05) is 218 Å². The van der Waals surface area contributed by atoms with Gasteiger partial charge in [-0.05, 0) is 32.1 Å². The smallest absolute Gasteiger partial charge is 0.220 e. The van der Waals surface area contributed by atoms with E-state index in [0.29, 0.717) is 12.8 Å². The fraction of sp³-hybridized carbons (Fsp3) is 0.919. The number of allylic oxidation sites excluding steroid dienone is 3. The van der Waals surface area contributed by atoms with Crippen molar-refractivity contribution in [2.75, 3.05) is 26.4 Å². The fourth-order valence-electron chi connectivity index (χ4n) is 11.0. The van der Waals surface area contributed by atoms with Gasteiger partial charge < -0.3 is 89.9 Å². The summed E-state index contributed by atoms with van der Waals surface area (Å²) in [6.07, 6.45) is 21.7. The van der Waals surface area contributed by atoms with E-state index in [1.54, 1.807) is 6.08 Å². The van der Waals surface area contributed by atoms with Crippen LogP contribution in [0, 0.1) is 0 Å². The molecule has 12 N–H and O–H groups in total. The van der Waals surface area contributed by atoms with Crippen molar-refractivity contribution in [1.82, 2.24) is 5.32 Å². The molecule has 3 heterocycles. The summed E-state index contributed by atoms with van der Waals surface area (Å²) in [5.41, 5.74) is 0. The van der Waals surface area contributed by atoms with Crippen LogP contribution in [0.1, 0.15) is 232 Å². The maximum absolute atomic E-state index is 13.3. The van der Waals surface area contributed by atoms with Crippen molar-refractivity contribution in [1.29, 1.82) is 0 Å². The number of rotatable bonds is 48. The molecule has 3 saturated heterocycles. The third kappa shape index (κ3) is 29.0. The van der Waals surface area contributed by atoms with E-state index in [1.165, 1.54) is 161 Å². The van der Waals surface area contributed by atoms with Crippen molar-refractivity contribution >= 4 is 5.91 Å². The average Bonchev–Trinajstić information content (AvgIpc) is 3.57. The molecule has 19 heteroatoms. The van der Waals surface area contributed by atoms with Crippen LogP contribution < -0.4 is 5.32 Å². The van der Waals surface area contributed by atoms with Crippen molar-refractivity contribution in [3.63, 3.8) is 0 Å². The van der Waals surface area contributed by atoms with Gasteiger partial charge >= 0.3 is 0 Å². The van der Waals surface area contributed by atoms with Crippen LogP contribution in [0.3, 0.4) is 0 Å². The highest BCUT2D eigenvalue weighted by atomic mass is 16.8. The van der Waals surface area contributed by atoms with Gasteiger partial charge in [-0.25, -0.2) is 0 Å². The summed E-state index contributed by atoms with van der Waals surface area (Å²) < 4.78 is 34.2. The predicted octanol–water partition coefficient (Wildman–Crippen LogP) is 6.71. The topological polar surface area (TPSA) is 307 Å². The van der Waals surface area contributed by atoms with Gasteiger partial charge in [0, 0.05) is 6.42 Å². The number of carbonyl (C=O) groups excluding carboxylic acids is 1. The Hall–Kier alpha value is -1.73. The molecule has 476 valence electrons. The van der Waals surface area contributed by atoms with Gasteiger partial charge in [0.1, 0.15) is 73.2 Å². The summed E-state index contributed by atoms with van der Waals surface area (Å²) >= 11 is 0. The van der Waals surface area contributed by atoms with E-state index >= 15 is 0 Å². The number of aliphatic hydroxyl groups is 11. The molecular formula is C62H115NO18. The molecule has 0 aliphatic carbocycles. The molecule has 3 fully saturated rings. The van der Waals surface area contributed by atoms with E-state index in [1.807, 2.05) is 6.08 Å². The minimum Gasteiger partial charge on any atom is -0.394 e.